The van der Waals surface area contributed by atoms with Crippen LogP contribution in [0, 0.1) is 13.8 Å². The molecule has 4 nitrogen and oxygen atoms in total. The third-order valence-electron chi connectivity index (χ3n) is 4.74. The van der Waals surface area contributed by atoms with Crippen LogP contribution in [0.15, 0.2) is 72.8 Å². The molecule has 3 aromatic rings. The number of ketones is 1. The van der Waals surface area contributed by atoms with Crippen molar-refractivity contribution in [3.63, 3.8) is 0 Å². The summed E-state index contributed by atoms with van der Waals surface area (Å²) in [6.45, 7) is 4.35. The number of carbonyl (C=O) groups excluding carboxylic acids is 2. The van der Waals surface area contributed by atoms with E-state index in [1.165, 1.54) is 7.11 Å². The largest absolute Gasteiger partial charge is 0.489 e. The molecule has 0 aliphatic heterocycles. The number of carbonyl (C=O) groups is 2. The van der Waals surface area contributed by atoms with Crippen molar-refractivity contribution < 1.29 is 19.1 Å². The number of benzene rings is 3. The van der Waals surface area contributed by atoms with Crippen LogP contribution in [0.1, 0.15) is 43.0 Å². The number of hydrogen-bond donors (Lipinski definition) is 0. The third-order valence-corrected chi connectivity index (χ3v) is 4.74. The molecule has 0 aromatic heterocycles. The smallest absolute Gasteiger partial charge is 0.337 e. The van der Waals surface area contributed by atoms with Crippen LogP contribution in [0.4, 0.5) is 0 Å². The molecule has 0 atom stereocenters. The zero-order valence-corrected chi connectivity index (χ0v) is 17.3. The van der Waals surface area contributed by atoms with E-state index in [0.717, 1.165) is 33.6 Å². The van der Waals surface area contributed by atoms with Crippen molar-refractivity contribution in [3.05, 3.63) is 106 Å². The van der Waals surface area contributed by atoms with Crippen molar-refractivity contribution in [2.24, 2.45) is 0 Å². The molecule has 0 saturated heterocycles. The summed E-state index contributed by atoms with van der Waals surface area (Å²) in [4.78, 5) is 23.9. The molecule has 0 fully saturated rings. The maximum absolute atomic E-state index is 12.4. The van der Waals surface area contributed by atoms with Gasteiger partial charge in [-0.25, -0.2) is 4.79 Å². The molecule has 4 heteroatoms. The van der Waals surface area contributed by atoms with Gasteiger partial charge in [0.2, 0.25) is 0 Å². The van der Waals surface area contributed by atoms with E-state index in [0.29, 0.717) is 12.2 Å². The van der Waals surface area contributed by atoms with Gasteiger partial charge in [0, 0.05) is 5.56 Å². The monoisotopic (exact) mass is 400 g/mol. The number of methoxy groups -OCH3 is 1. The summed E-state index contributed by atoms with van der Waals surface area (Å²) in [6, 6.07) is 20.5. The van der Waals surface area contributed by atoms with Gasteiger partial charge in [-0.15, -0.1) is 0 Å². The molecule has 0 N–H and O–H groups in total. The fraction of sp³-hybridized carbons (Fsp3) is 0.154. The van der Waals surface area contributed by atoms with Gasteiger partial charge in [-0.1, -0.05) is 54.1 Å². The van der Waals surface area contributed by atoms with Crippen molar-refractivity contribution in [3.8, 4) is 5.75 Å². The SMILES string of the molecule is COC(=O)c1ccc(COc2ccc(/C=C/C(=O)c3ccc(C)cc3C)cc2)cc1. The van der Waals surface area contributed by atoms with E-state index in [9.17, 15) is 9.59 Å². The van der Waals surface area contributed by atoms with E-state index in [-0.39, 0.29) is 11.8 Å². The summed E-state index contributed by atoms with van der Waals surface area (Å²) in [5, 5.41) is 0. The Hall–Kier alpha value is -3.66. The second kappa shape index (κ2) is 9.70. The van der Waals surface area contributed by atoms with Gasteiger partial charge >= 0.3 is 5.97 Å². The molecule has 30 heavy (non-hydrogen) atoms. The van der Waals surface area contributed by atoms with Crippen molar-refractivity contribution in [1.29, 1.82) is 0 Å². The van der Waals surface area contributed by atoms with Crippen molar-refractivity contribution in [2.45, 2.75) is 20.5 Å². The zero-order valence-electron chi connectivity index (χ0n) is 17.3. The highest BCUT2D eigenvalue weighted by molar-refractivity contribution is 6.07. The Labute approximate surface area is 176 Å². The molecular formula is C26H24O4. The van der Waals surface area contributed by atoms with Gasteiger partial charge in [-0.3, -0.25) is 4.79 Å². The standard InChI is InChI=1S/C26H24O4/c1-18-4-14-24(19(2)16-18)25(27)15-9-20-7-12-23(13-8-20)30-17-21-5-10-22(11-6-21)26(28)29-3/h4-16H,17H2,1-3H3/b15-9+. The van der Waals surface area contributed by atoms with E-state index in [1.54, 1.807) is 24.3 Å². The lowest BCUT2D eigenvalue weighted by Gasteiger charge is -2.07. The average molecular weight is 400 g/mol. The van der Waals surface area contributed by atoms with Crippen LogP contribution in [-0.4, -0.2) is 18.9 Å². The molecule has 152 valence electrons. The van der Waals surface area contributed by atoms with Gasteiger partial charge < -0.3 is 9.47 Å². The minimum Gasteiger partial charge on any atom is -0.489 e. The van der Waals surface area contributed by atoms with Gasteiger partial charge in [-0.2, -0.15) is 0 Å². The maximum atomic E-state index is 12.4. The Bertz CT molecular complexity index is 1060. The molecule has 0 saturated carbocycles. The number of allylic oxidation sites excluding steroid dienone is 1. The summed E-state index contributed by atoms with van der Waals surface area (Å²) in [6.07, 6.45) is 3.40. The summed E-state index contributed by atoms with van der Waals surface area (Å²) in [7, 11) is 1.36. The molecule has 0 aliphatic carbocycles. The minimum absolute atomic E-state index is 0.0109. The minimum atomic E-state index is -0.359. The van der Waals surface area contributed by atoms with Crippen LogP contribution >= 0.6 is 0 Å². The number of hydrogen-bond acceptors (Lipinski definition) is 4. The summed E-state index contributed by atoms with van der Waals surface area (Å²) in [5.74, 6) is 0.357. The van der Waals surface area contributed by atoms with Gasteiger partial charge in [0.05, 0.1) is 12.7 Å². The van der Waals surface area contributed by atoms with Crippen molar-refractivity contribution in [2.75, 3.05) is 7.11 Å². The van der Waals surface area contributed by atoms with Crippen LogP contribution in [0.2, 0.25) is 0 Å². The lowest BCUT2D eigenvalue weighted by molar-refractivity contribution is 0.0600. The molecule has 3 aromatic carbocycles. The Morgan fingerprint density at radius 2 is 1.60 bits per heavy atom. The first-order valence-corrected chi connectivity index (χ1v) is 9.66. The number of esters is 1. The predicted octanol–water partition coefficient (Wildman–Crippen LogP) is 5.57. The predicted molar refractivity (Wildman–Crippen MR) is 118 cm³/mol. The summed E-state index contributed by atoms with van der Waals surface area (Å²) in [5.41, 5.74) is 5.22. The highest BCUT2D eigenvalue weighted by atomic mass is 16.5. The van der Waals surface area contributed by atoms with E-state index in [1.807, 2.05) is 68.4 Å². The fourth-order valence-corrected chi connectivity index (χ4v) is 3.05. The summed E-state index contributed by atoms with van der Waals surface area (Å²) < 4.78 is 10.5. The number of ether oxygens (including phenoxy) is 2. The zero-order chi connectivity index (χ0) is 21.5. The number of rotatable bonds is 7. The first-order valence-electron chi connectivity index (χ1n) is 9.66. The lowest BCUT2D eigenvalue weighted by atomic mass is 10.0. The highest BCUT2D eigenvalue weighted by Crippen LogP contribution is 2.17. The Morgan fingerprint density at radius 1 is 0.900 bits per heavy atom. The molecule has 0 radical (unpaired) electrons. The van der Waals surface area contributed by atoms with Crippen LogP contribution in [0.25, 0.3) is 6.08 Å². The quantitative estimate of drug-likeness (QED) is 0.296. The first kappa shape index (κ1) is 21.1. The average Bonchev–Trinajstić information content (AvgIpc) is 2.76. The Morgan fingerprint density at radius 3 is 2.23 bits per heavy atom. The Balaban J connectivity index is 1.57. The lowest BCUT2D eigenvalue weighted by Crippen LogP contribution is -2.02. The number of aryl methyl sites for hydroxylation is 2. The Kier molecular flexibility index (Phi) is 6.81. The summed E-state index contributed by atoms with van der Waals surface area (Å²) >= 11 is 0. The maximum Gasteiger partial charge on any atom is 0.337 e. The van der Waals surface area contributed by atoms with E-state index >= 15 is 0 Å². The van der Waals surface area contributed by atoms with Crippen LogP contribution in [0.3, 0.4) is 0 Å². The van der Waals surface area contributed by atoms with Gasteiger partial charge in [0.25, 0.3) is 0 Å². The normalized spacial score (nSPS) is 10.8. The third kappa shape index (κ3) is 5.45. The topological polar surface area (TPSA) is 52.6 Å². The highest BCUT2D eigenvalue weighted by Gasteiger charge is 2.06. The van der Waals surface area contributed by atoms with Crippen LogP contribution in [-0.2, 0) is 11.3 Å². The van der Waals surface area contributed by atoms with E-state index < -0.39 is 0 Å². The second-order valence-corrected chi connectivity index (χ2v) is 7.06. The van der Waals surface area contributed by atoms with Crippen LogP contribution < -0.4 is 4.74 Å². The molecule has 0 aliphatic rings. The first-order chi connectivity index (χ1) is 14.5. The molecule has 3 rings (SSSR count). The van der Waals surface area contributed by atoms with Gasteiger partial charge in [-0.05, 0) is 60.9 Å². The van der Waals surface area contributed by atoms with Crippen LogP contribution in [0.5, 0.6) is 5.75 Å². The molecule has 0 heterocycles. The van der Waals surface area contributed by atoms with Gasteiger partial charge in [0.1, 0.15) is 12.4 Å². The van der Waals surface area contributed by atoms with Crippen molar-refractivity contribution in [1.82, 2.24) is 0 Å². The van der Waals surface area contributed by atoms with E-state index in [4.69, 9.17) is 4.74 Å². The fourth-order valence-electron chi connectivity index (χ4n) is 3.05. The molecular weight excluding hydrogens is 376 g/mol. The van der Waals surface area contributed by atoms with Gasteiger partial charge in [0.15, 0.2) is 5.78 Å². The molecule has 0 spiro atoms. The molecule has 0 bridgehead atoms. The second-order valence-electron chi connectivity index (χ2n) is 7.06. The van der Waals surface area contributed by atoms with Crippen molar-refractivity contribution >= 4 is 17.8 Å². The van der Waals surface area contributed by atoms with E-state index in [2.05, 4.69) is 4.74 Å². The molecule has 0 unspecified atom stereocenters. The molecule has 0 amide bonds.